The van der Waals surface area contributed by atoms with Crippen molar-refractivity contribution in [2.24, 2.45) is 0 Å². The third-order valence-corrected chi connectivity index (χ3v) is 4.78. The minimum atomic E-state index is 0.451. The molecule has 2 heteroatoms. The first-order valence-electron chi connectivity index (χ1n) is 8.35. The Morgan fingerprint density at radius 1 is 1.18 bits per heavy atom. The van der Waals surface area contributed by atoms with Gasteiger partial charge in [0.1, 0.15) is 5.82 Å². The average Bonchev–Trinajstić information content (AvgIpc) is 2.97. The number of hydrogen-bond donors (Lipinski definition) is 0. The van der Waals surface area contributed by atoms with Gasteiger partial charge in [-0.3, -0.25) is 4.57 Å². The van der Waals surface area contributed by atoms with Crippen molar-refractivity contribution >= 4 is 16.7 Å². The summed E-state index contributed by atoms with van der Waals surface area (Å²) < 4.78 is 2.42. The Bertz CT molecular complexity index is 789. The van der Waals surface area contributed by atoms with Gasteiger partial charge in [0.25, 0.3) is 0 Å². The first kappa shape index (κ1) is 13.6. The summed E-state index contributed by atoms with van der Waals surface area (Å²) in [5.74, 6) is 1.68. The zero-order valence-corrected chi connectivity index (χ0v) is 13.1. The summed E-state index contributed by atoms with van der Waals surface area (Å²) in [6, 6.07) is 6.52. The predicted octanol–water partition coefficient (Wildman–Crippen LogP) is 5.36. The van der Waals surface area contributed by atoms with E-state index in [0.717, 1.165) is 18.4 Å². The van der Waals surface area contributed by atoms with E-state index in [0.29, 0.717) is 5.92 Å². The number of nitrogens with zero attached hydrogens (tertiary/aromatic N) is 2. The van der Waals surface area contributed by atoms with E-state index >= 15 is 0 Å². The fourth-order valence-corrected chi connectivity index (χ4v) is 3.61. The van der Waals surface area contributed by atoms with E-state index in [4.69, 9.17) is 4.98 Å². The molecule has 2 aliphatic rings. The lowest BCUT2D eigenvalue weighted by atomic mass is 9.95. The number of aryl methyl sites for hydroxylation is 1. The second-order valence-electron chi connectivity index (χ2n) is 6.34. The average molecular weight is 290 g/mol. The highest BCUT2D eigenvalue weighted by atomic mass is 15.1. The monoisotopic (exact) mass is 290 g/mol. The fraction of sp³-hybridized carbons (Fsp3) is 0.350. The van der Waals surface area contributed by atoms with Gasteiger partial charge in [0.05, 0.1) is 11.0 Å². The van der Waals surface area contributed by atoms with E-state index < -0.39 is 0 Å². The maximum Gasteiger partial charge on any atom is 0.121 e. The molecular formula is C20H22N2. The highest BCUT2D eigenvalue weighted by molar-refractivity contribution is 5.83. The number of rotatable bonds is 2. The number of fused-ring (bicyclic) bond motifs is 1. The Kier molecular flexibility index (Phi) is 3.45. The lowest BCUT2D eigenvalue weighted by Crippen LogP contribution is -2.10. The van der Waals surface area contributed by atoms with E-state index in [1.807, 2.05) is 0 Å². The molecule has 0 aliphatic heterocycles. The molecule has 0 bridgehead atoms. The molecule has 112 valence electrons. The van der Waals surface area contributed by atoms with Gasteiger partial charge in [0.15, 0.2) is 0 Å². The number of hydrogen-bond acceptors (Lipinski definition) is 1. The molecule has 0 amide bonds. The molecule has 0 radical (unpaired) electrons. The summed E-state index contributed by atoms with van der Waals surface area (Å²) in [6.07, 6.45) is 17.3. The number of aromatic nitrogens is 2. The molecule has 2 aliphatic carbocycles. The molecule has 4 rings (SSSR count). The summed E-state index contributed by atoms with van der Waals surface area (Å²) in [5, 5.41) is 0. The Hall–Kier alpha value is -2.09. The number of allylic oxidation sites excluding steroid dienone is 6. The molecule has 1 atom stereocenters. The highest BCUT2D eigenvalue weighted by Crippen LogP contribution is 2.34. The van der Waals surface area contributed by atoms with Crippen molar-refractivity contribution in [1.82, 2.24) is 9.55 Å². The predicted molar refractivity (Wildman–Crippen MR) is 92.8 cm³/mol. The second-order valence-corrected chi connectivity index (χ2v) is 6.34. The summed E-state index contributed by atoms with van der Waals surface area (Å²) >= 11 is 0. The first-order chi connectivity index (χ1) is 10.8. The van der Waals surface area contributed by atoms with E-state index in [1.165, 1.54) is 41.9 Å². The molecule has 0 fully saturated rings. The minimum absolute atomic E-state index is 0.451. The standard InChI is InChI=1S/C20H22N2/c1-15-9-8-14-18-19(15)21-20(16-10-4-2-5-11-16)22(18)17-12-6-3-7-13-17/h3-4,6,8-10,12,14,16H,2,5,7,11,13H2,1H3. The van der Waals surface area contributed by atoms with Crippen LogP contribution in [0.2, 0.25) is 0 Å². The Balaban J connectivity index is 1.96. The fourth-order valence-electron chi connectivity index (χ4n) is 3.61. The molecular weight excluding hydrogens is 268 g/mol. The van der Waals surface area contributed by atoms with E-state index in [1.54, 1.807) is 0 Å². The van der Waals surface area contributed by atoms with Crippen LogP contribution >= 0.6 is 0 Å². The van der Waals surface area contributed by atoms with Crippen LogP contribution in [0.1, 0.15) is 49.4 Å². The van der Waals surface area contributed by atoms with Crippen molar-refractivity contribution in [2.75, 3.05) is 0 Å². The van der Waals surface area contributed by atoms with Crippen LogP contribution in [-0.2, 0) is 0 Å². The lowest BCUT2D eigenvalue weighted by molar-refractivity contribution is 0.619. The molecule has 2 aromatic rings. The quantitative estimate of drug-likeness (QED) is 0.681. The molecule has 1 unspecified atom stereocenters. The second kappa shape index (κ2) is 5.60. The summed E-state index contributed by atoms with van der Waals surface area (Å²) in [7, 11) is 0. The van der Waals surface area contributed by atoms with Crippen LogP contribution < -0.4 is 0 Å². The maximum absolute atomic E-state index is 5.06. The normalized spacial score (nSPS) is 21.3. The molecule has 0 saturated carbocycles. The van der Waals surface area contributed by atoms with Crippen LogP contribution in [0.5, 0.6) is 0 Å². The largest absolute Gasteiger partial charge is 0.300 e. The molecule has 22 heavy (non-hydrogen) atoms. The molecule has 1 aromatic heterocycles. The van der Waals surface area contributed by atoms with Gasteiger partial charge in [0, 0.05) is 11.6 Å². The third-order valence-electron chi connectivity index (χ3n) is 4.78. The molecule has 0 spiro atoms. The minimum Gasteiger partial charge on any atom is -0.300 e. The van der Waals surface area contributed by atoms with Crippen molar-refractivity contribution in [3.63, 3.8) is 0 Å². The smallest absolute Gasteiger partial charge is 0.121 e. The van der Waals surface area contributed by atoms with Crippen molar-refractivity contribution in [2.45, 2.75) is 44.9 Å². The zero-order chi connectivity index (χ0) is 14.9. The maximum atomic E-state index is 5.06. The van der Waals surface area contributed by atoms with Crippen molar-refractivity contribution < 1.29 is 0 Å². The Morgan fingerprint density at radius 2 is 2.14 bits per heavy atom. The summed E-state index contributed by atoms with van der Waals surface area (Å²) in [4.78, 5) is 5.06. The Morgan fingerprint density at radius 3 is 2.91 bits per heavy atom. The Labute approximate surface area is 131 Å². The van der Waals surface area contributed by atoms with E-state index in [9.17, 15) is 0 Å². The SMILES string of the molecule is Cc1cccc2c1nc(C1C=CCCC1)n2C1=CC=CCC1. The van der Waals surface area contributed by atoms with Crippen LogP contribution in [0.3, 0.4) is 0 Å². The molecule has 1 heterocycles. The van der Waals surface area contributed by atoms with Crippen molar-refractivity contribution in [1.29, 1.82) is 0 Å². The molecule has 2 nitrogen and oxygen atoms in total. The van der Waals surface area contributed by atoms with Gasteiger partial charge in [-0.25, -0.2) is 4.98 Å². The van der Waals surface area contributed by atoms with Crippen LogP contribution in [0.15, 0.2) is 48.6 Å². The van der Waals surface area contributed by atoms with Crippen LogP contribution in [0, 0.1) is 6.92 Å². The first-order valence-corrected chi connectivity index (χ1v) is 8.35. The van der Waals surface area contributed by atoms with Gasteiger partial charge in [-0.1, -0.05) is 36.4 Å². The number of benzene rings is 1. The zero-order valence-electron chi connectivity index (χ0n) is 13.1. The van der Waals surface area contributed by atoms with Gasteiger partial charge < -0.3 is 0 Å². The van der Waals surface area contributed by atoms with Crippen LogP contribution in [0.4, 0.5) is 0 Å². The van der Waals surface area contributed by atoms with Gasteiger partial charge in [-0.15, -0.1) is 0 Å². The van der Waals surface area contributed by atoms with Crippen molar-refractivity contribution in [3.8, 4) is 0 Å². The molecule has 1 aromatic carbocycles. The van der Waals surface area contributed by atoms with E-state index in [-0.39, 0.29) is 0 Å². The van der Waals surface area contributed by atoms with Gasteiger partial charge in [-0.2, -0.15) is 0 Å². The number of para-hydroxylation sites is 1. The van der Waals surface area contributed by atoms with Crippen LogP contribution in [-0.4, -0.2) is 9.55 Å². The number of imidazole rings is 1. The molecule has 0 saturated heterocycles. The van der Waals surface area contributed by atoms with Crippen molar-refractivity contribution in [3.05, 3.63) is 60.0 Å². The van der Waals surface area contributed by atoms with Crippen LogP contribution in [0.25, 0.3) is 16.7 Å². The summed E-state index contributed by atoms with van der Waals surface area (Å²) in [5.41, 5.74) is 5.07. The van der Waals surface area contributed by atoms with E-state index in [2.05, 4.69) is 60.1 Å². The summed E-state index contributed by atoms with van der Waals surface area (Å²) in [6.45, 7) is 2.16. The topological polar surface area (TPSA) is 17.8 Å². The van der Waals surface area contributed by atoms with Gasteiger partial charge in [-0.05, 0) is 56.7 Å². The molecule has 0 N–H and O–H groups in total. The highest BCUT2D eigenvalue weighted by Gasteiger charge is 2.22. The lowest BCUT2D eigenvalue weighted by Gasteiger charge is -2.20. The van der Waals surface area contributed by atoms with Gasteiger partial charge >= 0.3 is 0 Å². The van der Waals surface area contributed by atoms with Gasteiger partial charge in [0.2, 0.25) is 0 Å². The third kappa shape index (κ3) is 2.23.